The monoisotopic (exact) mass is 425 g/mol. The predicted molar refractivity (Wildman–Crippen MR) is 116 cm³/mol. The predicted octanol–water partition coefficient (Wildman–Crippen LogP) is 3.54. The number of thioether (sulfide) groups is 1. The summed E-state index contributed by atoms with van der Waals surface area (Å²) in [6, 6.07) is 8.64. The van der Waals surface area contributed by atoms with Crippen molar-refractivity contribution in [3.8, 4) is 17.3 Å². The number of fused-ring (bicyclic) bond motifs is 1. The summed E-state index contributed by atoms with van der Waals surface area (Å²) in [5.41, 5.74) is 2.63. The van der Waals surface area contributed by atoms with Gasteiger partial charge in [-0.15, -0.1) is 10.2 Å². The third kappa shape index (κ3) is 3.41. The zero-order valence-corrected chi connectivity index (χ0v) is 18.5. The molecule has 1 aliphatic carbocycles. The summed E-state index contributed by atoms with van der Waals surface area (Å²) in [5.74, 6) is 4.20. The first kappa shape index (κ1) is 19.6. The van der Waals surface area contributed by atoms with Gasteiger partial charge < -0.3 is 18.6 Å². The molecule has 2 fully saturated rings. The van der Waals surface area contributed by atoms with E-state index in [9.17, 15) is 0 Å². The maximum Gasteiger partial charge on any atom is 0.202 e. The molecule has 0 radical (unpaired) electrons. The summed E-state index contributed by atoms with van der Waals surface area (Å²) >= 11 is 1.75. The van der Waals surface area contributed by atoms with Crippen LogP contribution in [0.15, 0.2) is 40.2 Å². The maximum absolute atomic E-state index is 5.45. The SMILES string of the molecule is COc1cccc([C@@]23C[C@@H]2CN(CCCSc2nnc(-c4ocnc4C)n2C)C3)c1. The van der Waals surface area contributed by atoms with E-state index in [0.29, 0.717) is 11.2 Å². The highest BCUT2D eigenvalue weighted by Gasteiger charge is 2.60. The molecule has 158 valence electrons. The highest BCUT2D eigenvalue weighted by Crippen LogP contribution is 2.59. The number of nitrogens with zero attached hydrogens (tertiary/aromatic N) is 5. The number of likely N-dealkylation sites (tertiary alicyclic amines) is 1. The summed E-state index contributed by atoms with van der Waals surface area (Å²) in [6.45, 7) is 5.41. The van der Waals surface area contributed by atoms with Crippen LogP contribution in [0.25, 0.3) is 11.6 Å². The minimum absolute atomic E-state index is 0.356. The number of ether oxygens (including phenoxy) is 1. The van der Waals surface area contributed by atoms with Crippen molar-refractivity contribution in [1.29, 1.82) is 0 Å². The van der Waals surface area contributed by atoms with Gasteiger partial charge in [0.1, 0.15) is 5.75 Å². The summed E-state index contributed by atoms with van der Waals surface area (Å²) in [4.78, 5) is 6.76. The topological polar surface area (TPSA) is 69.2 Å². The smallest absolute Gasteiger partial charge is 0.202 e. The fraction of sp³-hybridized carbons (Fsp3) is 0.500. The van der Waals surface area contributed by atoms with Crippen LogP contribution in [0.5, 0.6) is 5.75 Å². The van der Waals surface area contributed by atoms with E-state index in [-0.39, 0.29) is 0 Å². The molecule has 8 heteroatoms. The first-order valence-electron chi connectivity index (χ1n) is 10.4. The molecule has 1 saturated heterocycles. The van der Waals surface area contributed by atoms with Crippen LogP contribution >= 0.6 is 11.8 Å². The Hall–Kier alpha value is -2.32. The van der Waals surface area contributed by atoms with Gasteiger partial charge in [-0.1, -0.05) is 23.9 Å². The second-order valence-electron chi connectivity index (χ2n) is 8.36. The lowest BCUT2D eigenvalue weighted by atomic mass is 9.95. The van der Waals surface area contributed by atoms with E-state index in [4.69, 9.17) is 9.15 Å². The van der Waals surface area contributed by atoms with Crippen molar-refractivity contribution in [3.05, 3.63) is 41.9 Å². The largest absolute Gasteiger partial charge is 0.497 e. The van der Waals surface area contributed by atoms with Crippen LogP contribution in [0, 0.1) is 12.8 Å². The Morgan fingerprint density at radius 3 is 3.03 bits per heavy atom. The van der Waals surface area contributed by atoms with E-state index in [1.165, 1.54) is 24.9 Å². The number of hydrogen-bond acceptors (Lipinski definition) is 7. The first-order valence-corrected chi connectivity index (χ1v) is 11.4. The fourth-order valence-corrected chi connectivity index (χ4v) is 5.58. The van der Waals surface area contributed by atoms with Crippen LogP contribution in [0.4, 0.5) is 0 Å². The van der Waals surface area contributed by atoms with Gasteiger partial charge >= 0.3 is 0 Å². The lowest BCUT2D eigenvalue weighted by Gasteiger charge is -2.21. The Balaban J connectivity index is 1.13. The zero-order valence-electron chi connectivity index (χ0n) is 17.7. The number of rotatable bonds is 8. The molecule has 30 heavy (non-hydrogen) atoms. The van der Waals surface area contributed by atoms with E-state index in [0.717, 1.165) is 53.6 Å². The van der Waals surface area contributed by atoms with Gasteiger partial charge in [-0.05, 0) is 49.9 Å². The molecule has 2 aliphatic rings. The minimum Gasteiger partial charge on any atom is -0.497 e. The van der Waals surface area contributed by atoms with E-state index in [1.54, 1.807) is 18.9 Å². The Morgan fingerprint density at radius 1 is 1.33 bits per heavy atom. The third-order valence-electron chi connectivity index (χ3n) is 6.49. The van der Waals surface area contributed by atoms with Crippen LogP contribution in [0.2, 0.25) is 0 Å². The second kappa shape index (κ2) is 7.74. The summed E-state index contributed by atoms with van der Waals surface area (Å²) in [7, 11) is 3.72. The van der Waals surface area contributed by atoms with Crippen LogP contribution in [-0.2, 0) is 12.5 Å². The number of aryl methyl sites for hydroxylation is 1. The highest BCUT2D eigenvalue weighted by molar-refractivity contribution is 7.99. The van der Waals surface area contributed by atoms with Crippen molar-refractivity contribution < 1.29 is 9.15 Å². The molecule has 0 amide bonds. The fourth-order valence-electron chi connectivity index (χ4n) is 4.74. The quantitative estimate of drug-likeness (QED) is 0.404. The molecule has 0 N–H and O–H groups in total. The van der Waals surface area contributed by atoms with Crippen LogP contribution in [-0.4, -0.2) is 57.1 Å². The Labute approximate surface area is 180 Å². The van der Waals surface area contributed by atoms with Crippen LogP contribution in [0.1, 0.15) is 24.1 Å². The van der Waals surface area contributed by atoms with E-state index in [1.807, 2.05) is 24.6 Å². The number of aromatic nitrogens is 4. The lowest BCUT2D eigenvalue weighted by Crippen LogP contribution is -2.27. The first-order chi connectivity index (χ1) is 14.6. The van der Waals surface area contributed by atoms with Gasteiger partial charge in [-0.2, -0.15) is 0 Å². The molecule has 2 aromatic heterocycles. The van der Waals surface area contributed by atoms with Gasteiger partial charge in [0, 0.05) is 31.3 Å². The highest BCUT2D eigenvalue weighted by atomic mass is 32.2. The molecule has 3 heterocycles. The molecule has 3 aromatic rings. The Bertz CT molecular complexity index is 1050. The number of piperidine rings is 1. The number of methoxy groups -OCH3 is 1. The third-order valence-corrected chi connectivity index (χ3v) is 7.60. The summed E-state index contributed by atoms with van der Waals surface area (Å²) in [5, 5.41) is 9.53. The minimum atomic E-state index is 0.356. The van der Waals surface area contributed by atoms with Gasteiger partial charge in [0.25, 0.3) is 0 Å². The number of oxazole rings is 1. The average molecular weight is 426 g/mol. The van der Waals surface area contributed by atoms with Crippen LogP contribution in [0.3, 0.4) is 0 Å². The normalized spacial score (nSPS) is 23.0. The number of hydrogen-bond donors (Lipinski definition) is 0. The standard InChI is InChI=1S/C22H27N5O2S/c1-15-19(29-14-23-15)20-24-25-21(26(20)2)30-9-5-8-27-12-17-11-22(17,13-27)16-6-4-7-18(10-16)28-3/h4,6-7,10,14,17H,5,8-9,11-13H2,1-3H3/t17-,22+/m1/s1. The molecule has 7 nitrogen and oxygen atoms in total. The molecule has 1 aromatic carbocycles. The Kier molecular flexibility index (Phi) is 5.06. The van der Waals surface area contributed by atoms with Gasteiger partial charge in [0.2, 0.25) is 5.82 Å². The van der Waals surface area contributed by atoms with Crippen molar-refractivity contribution in [2.24, 2.45) is 13.0 Å². The average Bonchev–Trinajstić information content (AvgIpc) is 3.05. The molecule has 0 unspecified atom stereocenters. The molecule has 1 aliphatic heterocycles. The van der Waals surface area contributed by atoms with Crippen molar-refractivity contribution in [2.45, 2.75) is 30.3 Å². The van der Waals surface area contributed by atoms with E-state index in [2.05, 4.69) is 38.3 Å². The maximum atomic E-state index is 5.45. The van der Waals surface area contributed by atoms with Gasteiger partial charge in [-0.25, -0.2) is 4.98 Å². The molecule has 5 rings (SSSR count). The molecule has 1 saturated carbocycles. The van der Waals surface area contributed by atoms with Gasteiger partial charge in [0.05, 0.1) is 12.8 Å². The molecule has 0 spiro atoms. The lowest BCUT2D eigenvalue weighted by molar-refractivity contribution is 0.299. The Morgan fingerprint density at radius 2 is 2.23 bits per heavy atom. The molecule has 0 bridgehead atoms. The van der Waals surface area contributed by atoms with Crippen molar-refractivity contribution in [1.82, 2.24) is 24.6 Å². The van der Waals surface area contributed by atoms with Gasteiger partial charge in [-0.3, -0.25) is 0 Å². The van der Waals surface area contributed by atoms with Crippen molar-refractivity contribution in [2.75, 3.05) is 32.5 Å². The molecule has 2 atom stereocenters. The van der Waals surface area contributed by atoms with Gasteiger partial charge in [0.15, 0.2) is 17.3 Å². The van der Waals surface area contributed by atoms with E-state index >= 15 is 0 Å². The summed E-state index contributed by atoms with van der Waals surface area (Å²) in [6.07, 6.45) is 3.90. The van der Waals surface area contributed by atoms with Crippen molar-refractivity contribution >= 4 is 11.8 Å². The van der Waals surface area contributed by atoms with E-state index < -0.39 is 0 Å². The van der Waals surface area contributed by atoms with Crippen LogP contribution < -0.4 is 4.74 Å². The molecular formula is C22H27N5O2S. The second-order valence-corrected chi connectivity index (χ2v) is 9.42. The number of benzene rings is 1. The van der Waals surface area contributed by atoms with Crippen molar-refractivity contribution in [3.63, 3.8) is 0 Å². The summed E-state index contributed by atoms with van der Waals surface area (Å²) < 4.78 is 12.9. The molecular weight excluding hydrogens is 398 g/mol. The zero-order chi connectivity index (χ0) is 20.7.